The summed E-state index contributed by atoms with van der Waals surface area (Å²) < 4.78 is 0. The van der Waals surface area contributed by atoms with Gasteiger partial charge >= 0.3 is 0 Å². The van der Waals surface area contributed by atoms with Crippen LogP contribution in [-0.2, 0) is 19.2 Å². The number of nitrogens with one attached hydrogen (secondary N) is 4. The van der Waals surface area contributed by atoms with Crippen molar-refractivity contribution in [3.63, 3.8) is 0 Å². The van der Waals surface area contributed by atoms with E-state index in [1.807, 2.05) is 0 Å². The molecule has 0 radical (unpaired) electrons. The molecule has 76 heavy (non-hydrogen) atoms. The monoisotopic (exact) mass is 1070 g/mol. The molecule has 450 valence electrons. The molecule has 0 aromatic carbocycles. The van der Waals surface area contributed by atoms with E-state index in [0.29, 0.717) is 51.9 Å². The number of likely N-dealkylation sites (N-methyl/N-ethyl adjacent to an activating group) is 1. The molecule has 0 aromatic rings. The zero-order valence-electron chi connectivity index (χ0n) is 51.6. The van der Waals surface area contributed by atoms with Crippen molar-refractivity contribution in [2.24, 2.45) is 0 Å². The first kappa shape index (κ1) is 73.8. The zero-order valence-corrected chi connectivity index (χ0v) is 51.6. The molecule has 0 rings (SSSR count). The van der Waals surface area contributed by atoms with E-state index in [1.165, 1.54) is 231 Å². The molecule has 0 aliphatic rings. The Morgan fingerprint density at radius 1 is 0.237 bits per heavy atom. The van der Waals surface area contributed by atoms with Crippen LogP contribution >= 0.6 is 0 Å². The molecule has 4 amide bonds. The van der Waals surface area contributed by atoms with Gasteiger partial charge in [-0.3, -0.25) is 19.2 Å². The fraction of sp³-hybridized carbons (Fsp3) is 0.938. The van der Waals surface area contributed by atoms with E-state index in [4.69, 9.17) is 0 Å². The summed E-state index contributed by atoms with van der Waals surface area (Å²) in [6.45, 7) is 17.6. The third-order valence-electron chi connectivity index (χ3n) is 15.6. The Morgan fingerprint density at radius 3 is 0.592 bits per heavy atom. The van der Waals surface area contributed by atoms with Gasteiger partial charge < -0.3 is 36.0 Å². The number of amides is 4. The zero-order chi connectivity index (χ0) is 55.5. The van der Waals surface area contributed by atoms with Crippen LogP contribution in [0, 0.1) is 0 Å². The predicted octanol–water partition coefficient (Wildman–Crippen LogP) is 15.2. The molecule has 0 saturated heterocycles. The minimum absolute atomic E-state index is 0.0930. The van der Waals surface area contributed by atoms with Crippen LogP contribution in [0.5, 0.6) is 0 Å². The lowest BCUT2D eigenvalue weighted by Crippen LogP contribution is -2.41. The van der Waals surface area contributed by atoms with E-state index in [0.717, 1.165) is 78.0 Å². The number of rotatable bonds is 62. The fourth-order valence-electron chi connectivity index (χ4n) is 10.2. The van der Waals surface area contributed by atoms with E-state index in [-0.39, 0.29) is 23.6 Å². The lowest BCUT2D eigenvalue weighted by Gasteiger charge is -2.28. The molecule has 0 heterocycles. The molecule has 0 aliphatic heterocycles. The third kappa shape index (κ3) is 56.5. The van der Waals surface area contributed by atoms with E-state index in [2.05, 4.69) is 70.7 Å². The SMILES string of the molecule is CCCCCCCCCCCCNC(=O)CCN(CCC(=O)NCCCCCCCCCCCC)CCN(C)CCN(CCC(=O)NCCCCCCCCCCCC)CCC(=O)NCCCCCCCCCCCC. The lowest BCUT2D eigenvalue weighted by molar-refractivity contribution is -0.123. The van der Waals surface area contributed by atoms with Crippen LogP contribution in [0.2, 0.25) is 0 Å². The van der Waals surface area contributed by atoms with Gasteiger partial charge in [0.05, 0.1) is 0 Å². The van der Waals surface area contributed by atoms with Gasteiger partial charge in [0, 0.05) is 104 Å². The Hall–Kier alpha value is -2.24. The van der Waals surface area contributed by atoms with Crippen molar-refractivity contribution in [2.45, 2.75) is 310 Å². The van der Waals surface area contributed by atoms with Crippen LogP contribution in [-0.4, -0.2) is 124 Å². The van der Waals surface area contributed by atoms with Gasteiger partial charge in [-0.25, -0.2) is 0 Å². The third-order valence-corrected chi connectivity index (χ3v) is 15.6. The van der Waals surface area contributed by atoms with Crippen molar-refractivity contribution < 1.29 is 19.2 Å². The first-order valence-corrected chi connectivity index (χ1v) is 33.5. The number of unbranched alkanes of at least 4 members (excludes halogenated alkanes) is 36. The average Bonchev–Trinajstić information content (AvgIpc) is 3.41. The standard InChI is InChI=1S/C65H131N7O4/c1-6-10-14-18-22-26-30-34-38-42-50-66-62(73)46-54-71(55-47-63(74)67-51-43-39-35-31-27-23-19-15-11-7-2)60-58-70(5)59-61-72(56-48-64(75)68-52-44-40-36-32-28-24-20-16-12-8-3)57-49-65(76)69-53-45-41-37-33-29-25-21-17-13-9-4/h6-61H2,1-5H3,(H,66,73)(H,67,74)(H,68,75)(H,69,76). The number of hydrogen-bond donors (Lipinski definition) is 4. The van der Waals surface area contributed by atoms with Crippen LogP contribution in [0.4, 0.5) is 0 Å². The second kappa shape index (κ2) is 60.4. The maximum atomic E-state index is 13.0. The summed E-state index contributed by atoms with van der Waals surface area (Å²) in [7, 11) is 2.13. The first-order chi connectivity index (χ1) is 37.2. The highest BCUT2D eigenvalue weighted by molar-refractivity contribution is 5.77. The molecule has 0 unspecified atom stereocenters. The summed E-state index contributed by atoms with van der Waals surface area (Å²) in [6, 6.07) is 0. The maximum Gasteiger partial charge on any atom is 0.221 e. The second-order valence-electron chi connectivity index (χ2n) is 23.1. The molecule has 11 heteroatoms. The second-order valence-corrected chi connectivity index (χ2v) is 23.1. The predicted molar refractivity (Wildman–Crippen MR) is 328 cm³/mol. The summed E-state index contributed by atoms with van der Waals surface area (Å²) in [5.74, 6) is 0.372. The van der Waals surface area contributed by atoms with Gasteiger partial charge in [0.15, 0.2) is 0 Å². The quantitative estimate of drug-likeness (QED) is 0.0447. The molecule has 11 nitrogen and oxygen atoms in total. The van der Waals surface area contributed by atoms with Crippen LogP contribution in [0.3, 0.4) is 0 Å². The molecule has 0 bridgehead atoms. The Labute approximate surface area is 472 Å². The van der Waals surface area contributed by atoms with Gasteiger partial charge in [0.2, 0.25) is 23.6 Å². The molecule has 0 fully saturated rings. The van der Waals surface area contributed by atoms with Gasteiger partial charge in [0.1, 0.15) is 0 Å². The minimum atomic E-state index is 0.0930. The first-order valence-electron chi connectivity index (χ1n) is 33.5. The Morgan fingerprint density at radius 2 is 0.408 bits per heavy atom. The summed E-state index contributed by atoms with van der Waals surface area (Å²) in [5.41, 5.74) is 0. The van der Waals surface area contributed by atoms with E-state index in [1.54, 1.807) is 0 Å². The molecule has 0 spiro atoms. The molecule has 4 N–H and O–H groups in total. The number of hydrogen-bond acceptors (Lipinski definition) is 7. The number of nitrogens with zero attached hydrogens (tertiary/aromatic N) is 3. The molecule has 0 aromatic heterocycles. The summed E-state index contributed by atoms with van der Waals surface area (Å²) in [6.07, 6.45) is 52.9. The van der Waals surface area contributed by atoms with Crippen molar-refractivity contribution >= 4 is 23.6 Å². The van der Waals surface area contributed by atoms with Crippen LogP contribution < -0.4 is 21.3 Å². The van der Waals surface area contributed by atoms with Crippen molar-refractivity contribution in [2.75, 3.05) is 85.6 Å². The average molecular weight is 1070 g/mol. The smallest absolute Gasteiger partial charge is 0.221 e. The molecular weight excluding hydrogens is 943 g/mol. The van der Waals surface area contributed by atoms with Gasteiger partial charge in [-0.15, -0.1) is 0 Å². The highest BCUT2D eigenvalue weighted by Crippen LogP contribution is 2.14. The van der Waals surface area contributed by atoms with Crippen LogP contribution in [0.15, 0.2) is 0 Å². The highest BCUT2D eigenvalue weighted by Gasteiger charge is 2.15. The Bertz CT molecular complexity index is 1080. The van der Waals surface area contributed by atoms with Crippen molar-refractivity contribution in [3.05, 3.63) is 0 Å². The number of carbonyl (C=O) groups is 4. The highest BCUT2D eigenvalue weighted by atomic mass is 16.2. The largest absolute Gasteiger partial charge is 0.356 e. The molecule has 0 saturated carbocycles. The van der Waals surface area contributed by atoms with Crippen molar-refractivity contribution in [1.29, 1.82) is 0 Å². The van der Waals surface area contributed by atoms with E-state index in [9.17, 15) is 19.2 Å². The van der Waals surface area contributed by atoms with Gasteiger partial charge in [-0.2, -0.15) is 0 Å². The van der Waals surface area contributed by atoms with Crippen LogP contribution in [0.25, 0.3) is 0 Å². The van der Waals surface area contributed by atoms with E-state index >= 15 is 0 Å². The topological polar surface area (TPSA) is 126 Å². The summed E-state index contributed by atoms with van der Waals surface area (Å²) in [4.78, 5) is 59.0. The summed E-state index contributed by atoms with van der Waals surface area (Å²) in [5, 5.41) is 12.7. The summed E-state index contributed by atoms with van der Waals surface area (Å²) >= 11 is 0. The normalized spacial score (nSPS) is 11.6. The minimum Gasteiger partial charge on any atom is -0.356 e. The fourth-order valence-corrected chi connectivity index (χ4v) is 10.2. The van der Waals surface area contributed by atoms with E-state index < -0.39 is 0 Å². The lowest BCUT2D eigenvalue weighted by atomic mass is 10.1. The van der Waals surface area contributed by atoms with Crippen molar-refractivity contribution in [1.82, 2.24) is 36.0 Å². The molecule has 0 atom stereocenters. The van der Waals surface area contributed by atoms with Gasteiger partial charge in [-0.05, 0) is 32.7 Å². The van der Waals surface area contributed by atoms with Crippen molar-refractivity contribution in [3.8, 4) is 0 Å². The van der Waals surface area contributed by atoms with Crippen LogP contribution in [0.1, 0.15) is 310 Å². The van der Waals surface area contributed by atoms with Gasteiger partial charge in [-0.1, -0.05) is 259 Å². The molecular formula is C65H131N7O4. The Kier molecular flexibility index (Phi) is 58.6. The number of carbonyl (C=O) groups excluding carboxylic acids is 4. The molecule has 0 aliphatic carbocycles. The maximum absolute atomic E-state index is 13.0. The van der Waals surface area contributed by atoms with Gasteiger partial charge in [0.25, 0.3) is 0 Å². The Balaban J connectivity index is 5.16.